The molecule has 2 rings (SSSR count). The Morgan fingerprint density at radius 2 is 2.05 bits per heavy atom. The number of nitrogens with one attached hydrogen (secondary N) is 2. The van der Waals surface area contributed by atoms with Gasteiger partial charge in [0.25, 0.3) is 0 Å². The van der Waals surface area contributed by atoms with Gasteiger partial charge >= 0.3 is 6.03 Å². The summed E-state index contributed by atoms with van der Waals surface area (Å²) in [4.78, 5) is 11.8. The van der Waals surface area contributed by atoms with Crippen molar-refractivity contribution < 1.29 is 9.18 Å². The van der Waals surface area contributed by atoms with E-state index in [1.165, 1.54) is 18.9 Å². The summed E-state index contributed by atoms with van der Waals surface area (Å²) < 4.78 is 13.4. The number of benzene rings is 1. The third kappa shape index (κ3) is 3.94. The molecule has 1 aliphatic rings. The third-order valence-corrected chi connectivity index (χ3v) is 3.83. The molecule has 0 spiro atoms. The Balaban J connectivity index is 1.80. The van der Waals surface area contributed by atoms with Crippen LogP contribution in [0.2, 0.25) is 0 Å². The zero-order chi connectivity index (χ0) is 13.7. The molecular weight excluding hydrogens is 243 g/mol. The molecule has 2 atom stereocenters. The molecule has 0 bridgehead atoms. The normalized spacial score (nSPS) is 22.8. The third-order valence-electron chi connectivity index (χ3n) is 3.83. The van der Waals surface area contributed by atoms with Gasteiger partial charge in [-0.2, -0.15) is 0 Å². The van der Waals surface area contributed by atoms with Gasteiger partial charge in [-0.25, -0.2) is 9.18 Å². The molecule has 0 aliphatic heterocycles. The van der Waals surface area contributed by atoms with Crippen LogP contribution in [0.1, 0.15) is 38.2 Å². The summed E-state index contributed by atoms with van der Waals surface area (Å²) in [7, 11) is 0. The molecule has 0 aromatic heterocycles. The minimum atomic E-state index is -0.283. The Labute approximate surface area is 113 Å². The lowest BCUT2D eigenvalue weighted by Gasteiger charge is -2.29. The second-order valence-corrected chi connectivity index (χ2v) is 5.29. The van der Waals surface area contributed by atoms with E-state index in [0.717, 1.165) is 12.8 Å². The zero-order valence-corrected chi connectivity index (χ0v) is 11.3. The van der Waals surface area contributed by atoms with Gasteiger partial charge in [-0.3, -0.25) is 0 Å². The number of hydrogen-bond acceptors (Lipinski definition) is 1. The van der Waals surface area contributed by atoms with Crippen molar-refractivity contribution in [2.45, 2.75) is 45.2 Å². The number of urea groups is 1. The summed E-state index contributed by atoms with van der Waals surface area (Å²) in [5.41, 5.74) is 0.509. The molecule has 1 saturated carbocycles. The van der Waals surface area contributed by atoms with E-state index in [1.54, 1.807) is 18.2 Å². The average molecular weight is 264 g/mol. The molecule has 1 aliphatic carbocycles. The number of carbonyl (C=O) groups excluding carboxylic acids is 1. The Bertz CT molecular complexity index is 436. The molecule has 0 heterocycles. The molecule has 1 aromatic carbocycles. The topological polar surface area (TPSA) is 41.1 Å². The molecule has 2 N–H and O–H groups in total. The molecule has 0 radical (unpaired) electrons. The quantitative estimate of drug-likeness (QED) is 0.864. The van der Waals surface area contributed by atoms with Gasteiger partial charge in [0.15, 0.2) is 0 Å². The lowest BCUT2D eigenvalue weighted by molar-refractivity contribution is 0.221. The molecule has 2 amide bonds. The van der Waals surface area contributed by atoms with Crippen LogP contribution < -0.4 is 10.6 Å². The Hall–Kier alpha value is -1.58. The standard InChI is InChI=1S/C15H21FN2O/c1-11-6-2-5-9-14(11)18-15(19)17-10-12-7-3-4-8-13(12)16/h3-4,7-8,11,14H,2,5-6,9-10H2,1H3,(H2,17,18,19). The lowest BCUT2D eigenvalue weighted by atomic mass is 9.86. The summed E-state index contributed by atoms with van der Waals surface area (Å²) in [6, 6.07) is 6.53. The molecule has 0 saturated heterocycles. The zero-order valence-electron chi connectivity index (χ0n) is 11.3. The van der Waals surface area contributed by atoms with Crippen LogP contribution in [-0.2, 0) is 6.54 Å². The molecule has 19 heavy (non-hydrogen) atoms. The minimum Gasteiger partial charge on any atom is -0.335 e. The van der Waals surface area contributed by atoms with Crippen molar-refractivity contribution in [2.24, 2.45) is 5.92 Å². The van der Waals surface area contributed by atoms with Crippen LogP contribution in [0.4, 0.5) is 9.18 Å². The minimum absolute atomic E-state index is 0.206. The first kappa shape index (κ1) is 13.8. The molecular formula is C15H21FN2O. The van der Waals surface area contributed by atoms with Gasteiger partial charge < -0.3 is 10.6 Å². The van der Waals surface area contributed by atoms with Crippen LogP contribution in [0.15, 0.2) is 24.3 Å². The van der Waals surface area contributed by atoms with Crippen molar-refractivity contribution in [1.29, 1.82) is 0 Å². The van der Waals surface area contributed by atoms with E-state index in [4.69, 9.17) is 0 Å². The fourth-order valence-electron chi connectivity index (χ4n) is 2.57. The van der Waals surface area contributed by atoms with Crippen molar-refractivity contribution >= 4 is 6.03 Å². The molecule has 104 valence electrons. The lowest BCUT2D eigenvalue weighted by Crippen LogP contribution is -2.45. The fraction of sp³-hybridized carbons (Fsp3) is 0.533. The Morgan fingerprint density at radius 1 is 1.32 bits per heavy atom. The maximum absolute atomic E-state index is 13.4. The van der Waals surface area contributed by atoms with E-state index in [1.807, 2.05) is 0 Å². The number of amides is 2. The van der Waals surface area contributed by atoms with E-state index in [0.29, 0.717) is 11.5 Å². The van der Waals surface area contributed by atoms with Crippen molar-refractivity contribution in [1.82, 2.24) is 10.6 Å². The number of hydrogen-bond donors (Lipinski definition) is 2. The first-order valence-corrected chi connectivity index (χ1v) is 6.94. The summed E-state index contributed by atoms with van der Waals surface area (Å²) in [6.45, 7) is 2.39. The second kappa shape index (κ2) is 6.55. The van der Waals surface area contributed by atoms with E-state index in [-0.39, 0.29) is 24.4 Å². The van der Waals surface area contributed by atoms with Crippen LogP contribution in [0.5, 0.6) is 0 Å². The van der Waals surface area contributed by atoms with Crippen LogP contribution in [0.25, 0.3) is 0 Å². The average Bonchev–Trinajstić information content (AvgIpc) is 2.40. The first-order valence-electron chi connectivity index (χ1n) is 6.94. The molecule has 1 fully saturated rings. The van der Waals surface area contributed by atoms with E-state index < -0.39 is 0 Å². The summed E-state index contributed by atoms with van der Waals surface area (Å²) in [6.07, 6.45) is 4.62. The van der Waals surface area contributed by atoms with Gasteiger partial charge in [-0.1, -0.05) is 38.0 Å². The maximum Gasteiger partial charge on any atom is 0.315 e. The largest absolute Gasteiger partial charge is 0.335 e. The van der Waals surface area contributed by atoms with Gasteiger partial charge in [0.2, 0.25) is 0 Å². The Morgan fingerprint density at radius 3 is 2.79 bits per heavy atom. The summed E-state index contributed by atoms with van der Waals surface area (Å²) in [5, 5.41) is 5.70. The predicted molar refractivity (Wildman–Crippen MR) is 73.2 cm³/mol. The summed E-state index contributed by atoms with van der Waals surface area (Å²) in [5.74, 6) is 0.238. The molecule has 4 heteroatoms. The second-order valence-electron chi connectivity index (χ2n) is 5.29. The highest BCUT2D eigenvalue weighted by molar-refractivity contribution is 5.74. The van der Waals surface area contributed by atoms with Gasteiger partial charge in [0, 0.05) is 18.2 Å². The number of halogens is 1. The maximum atomic E-state index is 13.4. The number of carbonyl (C=O) groups is 1. The fourth-order valence-corrected chi connectivity index (χ4v) is 2.57. The van der Waals surface area contributed by atoms with Crippen molar-refractivity contribution in [3.63, 3.8) is 0 Å². The van der Waals surface area contributed by atoms with Crippen LogP contribution >= 0.6 is 0 Å². The van der Waals surface area contributed by atoms with Crippen molar-refractivity contribution in [3.8, 4) is 0 Å². The molecule has 1 aromatic rings. The highest BCUT2D eigenvalue weighted by atomic mass is 19.1. The smallest absolute Gasteiger partial charge is 0.315 e. The van der Waals surface area contributed by atoms with Crippen molar-refractivity contribution in [3.05, 3.63) is 35.6 Å². The highest BCUT2D eigenvalue weighted by Crippen LogP contribution is 2.23. The monoisotopic (exact) mass is 264 g/mol. The van der Waals surface area contributed by atoms with Gasteiger partial charge in [0.05, 0.1) is 0 Å². The van der Waals surface area contributed by atoms with Gasteiger partial charge in [0.1, 0.15) is 5.82 Å². The highest BCUT2D eigenvalue weighted by Gasteiger charge is 2.22. The molecule has 3 nitrogen and oxygen atoms in total. The Kier molecular flexibility index (Phi) is 4.77. The van der Waals surface area contributed by atoms with Crippen LogP contribution in [0.3, 0.4) is 0 Å². The van der Waals surface area contributed by atoms with E-state index in [2.05, 4.69) is 17.6 Å². The SMILES string of the molecule is CC1CCCCC1NC(=O)NCc1ccccc1F. The van der Waals surface area contributed by atoms with E-state index >= 15 is 0 Å². The molecule has 2 unspecified atom stereocenters. The van der Waals surface area contributed by atoms with Gasteiger partial charge in [-0.05, 0) is 24.8 Å². The predicted octanol–water partition coefficient (Wildman–Crippen LogP) is 3.20. The van der Waals surface area contributed by atoms with Gasteiger partial charge in [-0.15, -0.1) is 0 Å². The van der Waals surface area contributed by atoms with Crippen molar-refractivity contribution in [2.75, 3.05) is 0 Å². The van der Waals surface area contributed by atoms with Crippen LogP contribution in [-0.4, -0.2) is 12.1 Å². The van der Waals surface area contributed by atoms with E-state index in [9.17, 15) is 9.18 Å². The summed E-state index contributed by atoms with van der Waals surface area (Å²) >= 11 is 0. The van der Waals surface area contributed by atoms with Crippen LogP contribution in [0, 0.1) is 11.7 Å². The first-order chi connectivity index (χ1) is 9.16. The number of rotatable bonds is 3.